The van der Waals surface area contributed by atoms with Gasteiger partial charge in [0.2, 0.25) is 0 Å². The third kappa shape index (κ3) is 3.86. The average molecular weight is 530 g/mol. The van der Waals surface area contributed by atoms with Crippen LogP contribution in [0, 0.1) is 28.6 Å². The van der Waals surface area contributed by atoms with Crippen LogP contribution in [0.3, 0.4) is 0 Å². The zero-order valence-electron chi connectivity index (χ0n) is 22.4. The highest BCUT2D eigenvalue weighted by molar-refractivity contribution is 6.04. The van der Waals surface area contributed by atoms with Crippen LogP contribution in [-0.4, -0.2) is 89.9 Å². The summed E-state index contributed by atoms with van der Waals surface area (Å²) in [5.41, 5.74) is 4.28. The highest BCUT2D eigenvalue weighted by Crippen LogP contribution is 2.78. The number of allylic oxidation sites excluding steroid dienone is 1. The Morgan fingerprint density at radius 1 is 1.24 bits per heavy atom. The maximum absolute atomic E-state index is 13.5. The van der Waals surface area contributed by atoms with E-state index in [4.69, 9.17) is 5.73 Å². The Morgan fingerprint density at radius 2 is 2.03 bits per heavy atom. The van der Waals surface area contributed by atoms with E-state index in [0.717, 1.165) is 31.3 Å². The number of carbonyl (C=O) groups excluding carboxylic acids is 1. The number of aliphatic imine (C=N–C) groups is 1. The molecule has 2 spiro atoms. The highest BCUT2D eigenvalue weighted by atomic mass is 16.4. The molecule has 3 bridgehead atoms. The van der Waals surface area contributed by atoms with Gasteiger partial charge in [0.15, 0.2) is 17.3 Å². The summed E-state index contributed by atoms with van der Waals surface area (Å²) in [7, 11) is 1.87. The van der Waals surface area contributed by atoms with Crippen molar-refractivity contribution in [2.24, 2.45) is 39.3 Å². The Bertz CT molecular complexity index is 1060. The van der Waals surface area contributed by atoms with Gasteiger partial charge in [0.25, 0.3) is 0 Å². The number of carboxylic acid groups (broad SMARTS) is 1. The van der Waals surface area contributed by atoms with Crippen molar-refractivity contribution in [3.63, 3.8) is 0 Å². The molecule has 6 unspecified atom stereocenters. The largest absolute Gasteiger partial charge is 0.478 e. The minimum absolute atomic E-state index is 0.0222. The van der Waals surface area contributed by atoms with Gasteiger partial charge in [-0.05, 0) is 68.9 Å². The second-order valence-corrected chi connectivity index (χ2v) is 11.9. The molecule has 10 nitrogen and oxygen atoms in total. The van der Waals surface area contributed by atoms with Crippen molar-refractivity contribution in [3.05, 3.63) is 23.4 Å². The van der Waals surface area contributed by atoms with Gasteiger partial charge in [-0.2, -0.15) is 0 Å². The molecular weight excluding hydrogens is 486 g/mol. The number of carbonyl (C=O) groups is 2. The SMILES string of the molecule is CNCCN=C(N)N1C=CC(CNCCO)C2(C1)C1CCC3CCCCC(=O)C4(O)CC32C(=C4C(=O)O)C1. The van der Waals surface area contributed by atoms with Crippen LogP contribution in [0.25, 0.3) is 0 Å². The van der Waals surface area contributed by atoms with Crippen LogP contribution in [0.1, 0.15) is 51.4 Å². The Morgan fingerprint density at radius 3 is 2.76 bits per heavy atom. The van der Waals surface area contributed by atoms with Gasteiger partial charge in [0.1, 0.15) is 0 Å². The van der Waals surface area contributed by atoms with Gasteiger partial charge in [0, 0.05) is 49.6 Å². The monoisotopic (exact) mass is 529 g/mol. The molecule has 210 valence electrons. The average Bonchev–Trinajstić information content (AvgIpc) is 3.25. The first-order valence-corrected chi connectivity index (χ1v) is 14.2. The second-order valence-electron chi connectivity index (χ2n) is 11.9. The molecule has 5 rings (SSSR count). The molecular formula is C28H43N5O5. The number of aliphatic carboxylic acids is 1. The fraction of sp³-hybridized carbons (Fsp3) is 0.750. The Labute approximate surface area is 224 Å². The number of hydrogen-bond acceptors (Lipinski definition) is 7. The number of nitrogens with zero attached hydrogens (tertiary/aromatic N) is 2. The van der Waals surface area contributed by atoms with Crippen molar-refractivity contribution < 1.29 is 24.9 Å². The maximum atomic E-state index is 13.5. The topological polar surface area (TPSA) is 161 Å². The van der Waals surface area contributed by atoms with E-state index in [2.05, 4.69) is 21.7 Å². The molecule has 0 amide bonds. The van der Waals surface area contributed by atoms with Gasteiger partial charge in [-0.15, -0.1) is 0 Å². The Hall–Kier alpha value is -2.27. The number of hydrogen-bond donors (Lipinski definition) is 6. The number of likely N-dealkylation sites (N-methyl/N-ethyl adjacent to an activating group) is 1. The molecule has 3 fully saturated rings. The summed E-state index contributed by atoms with van der Waals surface area (Å²) in [5, 5.41) is 38.4. The number of nitrogens with one attached hydrogen (secondary N) is 2. The molecule has 6 atom stereocenters. The Balaban J connectivity index is 1.69. The lowest BCUT2D eigenvalue weighted by atomic mass is 9.45. The van der Waals surface area contributed by atoms with Crippen LogP contribution in [-0.2, 0) is 9.59 Å². The molecule has 0 radical (unpaired) electrons. The summed E-state index contributed by atoms with van der Waals surface area (Å²) >= 11 is 0. The summed E-state index contributed by atoms with van der Waals surface area (Å²) in [6.07, 6.45) is 9.52. The van der Waals surface area contributed by atoms with Gasteiger partial charge >= 0.3 is 5.97 Å². The molecule has 4 aliphatic carbocycles. The molecule has 38 heavy (non-hydrogen) atoms. The van der Waals surface area contributed by atoms with Gasteiger partial charge in [-0.1, -0.05) is 12.5 Å². The lowest BCUT2D eigenvalue weighted by Crippen LogP contribution is -2.63. The van der Waals surface area contributed by atoms with E-state index in [0.29, 0.717) is 51.5 Å². The maximum Gasteiger partial charge on any atom is 0.334 e. The van der Waals surface area contributed by atoms with E-state index in [1.807, 2.05) is 18.1 Å². The first kappa shape index (κ1) is 27.3. The Kier molecular flexibility index (Phi) is 7.45. The van der Waals surface area contributed by atoms with E-state index in [9.17, 15) is 24.9 Å². The number of aliphatic hydroxyl groups excluding tert-OH is 1. The summed E-state index contributed by atoms with van der Waals surface area (Å²) in [4.78, 5) is 32.8. The second kappa shape index (κ2) is 10.4. The lowest BCUT2D eigenvalue weighted by Gasteiger charge is -2.61. The molecule has 0 saturated heterocycles. The smallest absolute Gasteiger partial charge is 0.334 e. The molecule has 7 N–H and O–H groups in total. The number of fused-ring (bicyclic) bond motifs is 1. The molecule has 5 aliphatic rings. The van der Waals surface area contributed by atoms with E-state index in [-0.39, 0.29) is 48.6 Å². The van der Waals surface area contributed by atoms with Gasteiger partial charge < -0.3 is 36.6 Å². The molecule has 0 aromatic heterocycles. The third-order valence-electron chi connectivity index (χ3n) is 10.4. The number of carboxylic acids is 1. The first-order chi connectivity index (χ1) is 18.3. The summed E-state index contributed by atoms with van der Waals surface area (Å²) < 4.78 is 0. The highest BCUT2D eigenvalue weighted by Gasteiger charge is 2.76. The predicted octanol–water partition coefficient (Wildman–Crippen LogP) is 0.610. The van der Waals surface area contributed by atoms with E-state index in [1.165, 1.54) is 0 Å². The molecule has 0 aromatic carbocycles. The van der Waals surface area contributed by atoms with Crippen molar-refractivity contribution in [1.82, 2.24) is 15.5 Å². The zero-order chi connectivity index (χ0) is 27.1. The van der Waals surface area contributed by atoms with Gasteiger partial charge in [-0.3, -0.25) is 9.79 Å². The minimum Gasteiger partial charge on any atom is -0.478 e. The lowest BCUT2D eigenvalue weighted by molar-refractivity contribution is -0.148. The zero-order valence-corrected chi connectivity index (χ0v) is 22.4. The van der Waals surface area contributed by atoms with Gasteiger partial charge in [-0.25, -0.2) is 4.79 Å². The molecule has 10 heteroatoms. The van der Waals surface area contributed by atoms with Crippen LogP contribution in [0.15, 0.2) is 28.4 Å². The number of ketones is 1. The van der Waals surface area contributed by atoms with Crippen molar-refractivity contribution in [2.45, 2.75) is 57.0 Å². The molecule has 1 aliphatic heterocycles. The van der Waals surface area contributed by atoms with E-state index >= 15 is 0 Å². The fourth-order valence-corrected chi connectivity index (χ4v) is 9.04. The number of guanidine groups is 1. The normalized spacial score (nSPS) is 38.5. The molecule has 1 heterocycles. The number of nitrogens with two attached hydrogens (primary N) is 1. The standard InChI is InChI=1S/C28H43N5O5/c1-30-9-10-32-25(29)33-12-8-20(15-31-11-13-34)27(17-33)19-7-6-18-4-2-3-5-22(35)28(38)16-26(18,27)21(14-19)23(28)24(36)37/h8,12,18-20,30-31,34,38H,2-7,9-11,13-17H2,1H3,(H2,29,32)(H,36,37). The predicted molar refractivity (Wildman–Crippen MR) is 143 cm³/mol. The van der Waals surface area contributed by atoms with Crippen LogP contribution in [0.4, 0.5) is 0 Å². The van der Waals surface area contributed by atoms with Crippen LogP contribution >= 0.6 is 0 Å². The van der Waals surface area contributed by atoms with Crippen LogP contribution < -0.4 is 16.4 Å². The van der Waals surface area contributed by atoms with E-state index < -0.39 is 22.4 Å². The minimum atomic E-state index is -1.96. The van der Waals surface area contributed by atoms with Crippen LogP contribution in [0.2, 0.25) is 0 Å². The summed E-state index contributed by atoms with van der Waals surface area (Å²) in [5.74, 6) is -0.692. The molecule has 3 saturated carbocycles. The third-order valence-corrected chi connectivity index (χ3v) is 10.4. The van der Waals surface area contributed by atoms with Crippen LogP contribution in [0.5, 0.6) is 0 Å². The first-order valence-electron chi connectivity index (χ1n) is 14.2. The number of Topliss-reactive ketones (excluding diaryl/α,β-unsaturated/α-hetero) is 1. The number of aliphatic hydroxyl groups is 2. The summed E-state index contributed by atoms with van der Waals surface area (Å²) in [6.45, 7) is 2.92. The van der Waals surface area contributed by atoms with Gasteiger partial charge in [0.05, 0.1) is 18.7 Å². The van der Waals surface area contributed by atoms with E-state index in [1.54, 1.807) is 0 Å². The number of rotatable bonds is 8. The molecule has 0 aromatic rings. The van der Waals surface area contributed by atoms with Crippen molar-refractivity contribution in [3.8, 4) is 0 Å². The summed E-state index contributed by atoms with van der Waals surface area (Å²) in [6, 6.07) is 0. The fourth-order valence-electron chi connectivity index (χ4n) is 9.04. The van der Waals surface area contributed by atoms with Crippen molar-refractivity contribution >= 4 is 17.7 Å². The quantitative estimate of drug-likeness (QED) is 0.150. The van der Waals surface area contributed by atoms with Crippen molar-refractivity contribution in [1.29, 1.82) is 0 Å². The van der Waals surface area contributed by atoms with Crippen molar-refractivity contribution in [2.75, 3.05) is 46.4 Å².